The molecule has 2 aliphatic carbocycles. The number of rotatable bonds is 1. The second-order valence-electron chi connectivity index (χ2n) is 6.26. The Morgan fingerprint density at radius 2 is 1.82 bits per heavy atom. The molecule has 0 aromatic heterocycles. The SMILES string of the molecule is CC1CCCC(C)N1C(=O)C1CC2C=CC1C2. The van der Waals surface area contributed by atoms with E-state index in [1.807, 2.05) is 0 Å². The van der Waals surface area contributed by atoms with Crippen molar-refractivity contribution in [1.29, 1.82) is 0 Å². The smallest absolute Gasteiger partial charge is 0.226 e. The van der Waals surface area contributed by atoms with Gasteiger partial charge in [-0.2, -0.15) is 0 Å². The third-order valence-electron chi connectivity index (χ3n) is 5.04. The monoisotopic (exact) mass is 233 g/mol. The van der Waals surface area contributed by atoms with Crippen molar-refractivity contribution in [2.45, 2.75) is 58.0 Å². The Morgan fingerprint density at radius 1 is 1.12 bits per heavy atom. The van der Waals surface area contributed by atoms with Crippen molar-refractivity contribution < 1.29 is 4.79 Å². The molecule has 2 nitrogen and oxygen atoms in total. The third-order valence-corrected chi connectivity index (χ3v) is 5.04. The minimum atomic E-state index is 0.299. The first-order chi connectivity index (χ1) is 8.16. The maximum Gasteiger partial charge on any atom is 0.226 e. The van der Waals surface area contributed by atoms with Crippen LogP contribution in [-0.4, -0.2) is 22.9 Å². The van der Waals surface area contributed by atoms with Crippen molar-refractivity contribution >= 4 is 5.91 Å². The van der Waals surface area contributed by atoms with Crippen LogP contribution in [0.5, 0.6) is 0 Å². The number of piperidine rings is 1. The molecule has 3 aliphatic rings. The predicted octanol–water partition coefficient (Wildman–Crippen LogP) is 2.99. The fourth-order valence-electron chi connectivity index (χ4n) is 4.11. The maximum atomic E-state index is 12.7. The van der Waals surface area contributed by atoms with Crippen LogP contribution in [0.25, 0.3) is 0 Å². The first-order valence-corrected chi connectivity index (χ1v) is 7.17. The molecular formula is C15H23NO. The lowest BCUT2D eigenvalue weighted by Crippen LogP contribution is -2.50. The fraction of sp³-hybridized carbons (Fsp3) is 0.800. The van der Waals surface area contributed by atoms with Crippen LogP contribution < -0.4 is 0 Å². The highest BCUT2D eigenvalue weighted by molar-refractivity contribution is 5.81. The van der Waals surface area contributed by atoms with Gasteiger partial charge in [-0.15, -0.1) is 0 Å². The Morgan fingerprint density at radius 3 is 2.35 bits per heavy atom. The lowest BCUT2D eigenvalue weighted by atomic mass is 9.89. The number of carbonyl (C=O) groups excluding carboxylic acids is 1. The van der Waals surface area contributed by atoms with Crippen molar-refractivity contribution in [2.75, 3.05) is 0 Å². The third kappa shape index (κ3) is 1.82. The molecule has 1 aliphatic heterocycles. The highest BCUT2D eigenvalue weighted by atomic mass is 16.2. The summed E-state index contributed by atoms with van der Waals surface area (Å²) in [6.45, 7) is 4.44. The Hall–Kier alpha value is -0.790. The van der Waals surface area contributed by atoms with E-state index >= 15 is 0 Å². The van der Waals surface area contributed by atoms with Gasteiger partial charge in [-0.05, 0) is 57.8 Å². The van der Waals surface area contributed by atoms with E-state index in [4.69, 9.17) is 0 Å². The zero-order valence-electron chi connectivity index (χ0n) is 10.9. The average Bonchev–Trinajstić information content (AvgIpc) is 2.90. The van der Waals surface area contributed by atoms with E-state index in [0.717, 1.165) is 6.42 Å². The molecule has 0 radical (unpaired) electrons. The molecule has 2 bridgehead atoms. The number of hydrogen-bond donors (Lipinski definition) is 0. The lowest BCUT2D eigenvalue weighted by molar-refractivity contribution is -0.142. The molecule has 5 atom stereocenters. The second kappa shape index (κ2) is 4.15. The zero-order valence-corrected chi connectivity index (χ0v) is 10.9. The maximum absolute atomic E-state index is 12.7. The standard InChI is InChI=1S/C15H23NO/c1-10-4-3-5-11(2)16(10)15(17)14-9-12-6-7-13(14)8-12/h6-7,10-14H,3-5,8-9H2,1-2H3. The normalized spacial score (nSPS) is 44.4. The van der Waals surface area contributed by atoms with Crippen LogP contribution in [-0.2, 0) is 4.79 Å². The molecule has 2 heteroatoms. The van der Waals surface area contributed by atoms with E-state index in [1.54, 1.807) is 0 Å². The van der Waals surface area contributed by atoms with Crippen molar-refractivity contribution in [3.05, 3.63) is 12.2 Å². The minimum absolute atomic E-state index is 0.299. The summed E-state index contributed by atoms with van der Waals surface area (Å²) in [5.74, 6) is 1.99. The molecule has 17 heavy (non-hydrogen) atoms. The summed E-state index contributed by atoms with van der Waals surface area (Å²) in [6.07, 6.45) is 10.6. The van der Waals surface area contributed by atoms with Crippen molar-refractivity contribution in [2.24, 2.45) is 17.8 Å². The van der Waals surface area contributed by atoms with Crippen LogP contribution in [0.4, 0.5) is 0 Å². The topological polar surface area (TPSA) is 20.3 Å². The molecule has 0 aromatic carbocycles. The number of nitrogens with zero attached hydrogens (tertiary/aromatic N) is 1. The van der Waals surface area contributed by atoms with Crippen LogP contribution in [0.15, 0.2) is 12.2 Å². The number of allylic oxidation sites excluding steroid dienone is 2. The Kier molecular flexibility index (Phi) is 2.76. The molecule has 94 valence electrons. The minimum Gasteiger partial charge on any atom is -0.337 e. The van der Waals surface area contributed by atoms with Gasteiger partial charge in [0.15, 0.2) is 0 Å². The van der Waals surface area contributed by atoms with Gasteiger partial charge in [0.25, 0.3) is 0 Å². The van der Waals surface area contributed by atoms with E-state index in [0.29, 0.717) is 35.7 Å². The molecule has 1 saturated carbocycles. The van der Waals surface area contributed by atoms with Gasteiger partial charge in [-0.25, -0.2) is 0 Å². The zero-order chi connectivity index (χ0) is 12.0. The van der Waals surface area contributed by atoms with Crippen molar-refractivity contribution in [3.8, 4) is 0 Å². The molecule has 5 unspecified atom stereocenters. The van der Waals surface area contributed by atoms with Crippen LogP contribution in [0.1, 0.15) is 46.0 Å². The Balaban J connectivity index is 1.75. The van der Waals surface area contributed by atoms with Crippen molar-refractivity contribution in [3.63, 3.8) is 0 Å². The lowest BCUT2D eigenvalue weighted by Gasteiger charge is -2.41. The van der Waals surface area contributed by atoms with E-state index in [9.17, 15) is 4.79 Å². The molecule has 3 rings (SSSR count). The van der Waals surface area contributed by atoms with E-state index < -0.39 is 0 Å². The van der Waals surface area contributed by atoms with Crippen LogP contribution >= 0.6 is 0 Å². The van der Waals surface area contributed by atoms with E-state index in [1.165, 1.54) is 25.7 Å². The molecule has 0 spiro atoms. The first-order valence-electron chi connectivity index (χ1n) is 7.17. The Bertz CT molecular complexity index is 339. The van der Waals surface area contributed by atoms with Gasteiger partial charge in [0.2, 0.25) is 5.91 Å². The molecule has 1 saturated heterocycles. The predicted molar refractivity (Wildman–Crippen MR) is 68.5 cm³/mol. The molecule has 0 N–H and O–H groups in total. The molecular weight excluding hydrogens is 210 g/mol. The van der Waals surface area contributed by atoms with Crippen molar-refractivity contribution in [1.82, 2.24) is 4.90 Å². The van der Waals surface area contributed by atoms with Gasteiger partial charge in [-0.3, -0.25) is 4.79 Å². The number of fused-ring (bicyclic) bond motifs is 2. The van der Waals surface area contributed by atoms with Gasteiger partial charge in [0, 0.05) is 18.0 Å². The highest BCUT2D eigenvalue weighted by Gasteiger charge is 2.43. The quantitative estimate of drug-likeness (QED) is 0.638. The number of likely N-dealkylation sites (tertiary alicyclic amines) is 1. The average molecular weight is 233 g/mol. The molecule has 1 heterocycles. The van der Waals surface area contributed by atoms with Crippen LogP contribution in [0.2, 0.25) is 0 Å². The largest absolute Gasteiger partial charge is 0.337 e. The molecule has 0 aromatic rings. The van der Waals surface area contributed by atoms with E-state index in [2.05, 4.69) is 30.9 Å². The van der Waals surface area contributed by atoms with Gasteiger partial charge >= 0.3 is 0 Å². The summed E-state index contributed by atoms with van der Waals surface area (Å²) in [6, 6.07) is 0.906. The summed E-state index contributed by atoms with van der Waals surface area (Å²) in [7, 11) is 0. The number of carbonyl (C=O) groups is 1. The summed E-state index contributed by atoms with van der Waals surface area (Å²) in [5.41, 5.74) is 0. The van der Waals surface area contributed by atoms with Gasteiger partial charge in [0.05, 0.1) is 0 Å². The fourth-order valence-corrected chi connectivity index (χ4v) is 4.11. The van der Waals surface area contributed by atoms with Crippen LogP contribution in [0.3, 0.4) is 0 Å². The number of hydrogen-bond acceptors (Lipinski definition) is 1. The first kappa shape index (κ1) is 11.3. The summed E-state index contributed by atoms with van der Waals surface area (Å²) >= 11 is 0. The van der Waals surface area contributed by atoms with Crippen LogP contribution in [0, 0.1) is 17.8 Å². The Labute approximate surface area is 104 Å². The van der Waals surface area contributed by atoms with E-state index in [-0.39, 0.29) is 0 Å². The molecule has 2 fully saturated rings. The summed E-state index contributed by atoms with van der Waals surface area (Å²) in [4.78, 5) is 14.9. The van der Waals surface area contributed by atoms with Gasteiger partial charge in [0.1, 0.15) is 0 Å². The highest BCUT2D eigenvalue weighted by Crippen LogP contribution is 2.45. The van der Waals surface area contributed by atoms with Gasteiger partial charge < -0.3 is 4.90 Å². The molecule has 1 amide bonds. The number of amides is 1. The summed E-state index contributed by atoms with van der Waals surface area (Å²) in [5, 5.41) is 0. The van der Waals surface area contributed by atoms with Gasteiger partial charge in [-0.1, -0.05) is 12.2 Å². The second-order valence-corrected chi connectivity index (χ2v) is 6.26. The summed E-state index contributed by atoms with van der Waals surface area (Å²) < 4.78 is 0.